The van der Waals surface area contributed by atoms with E-state index >= 15 is 0 Å². The third kappa shape index (κ3) is 11.9. The molecule has 1 saturated heterocycles. The second kappa shape index (κ2) is 16.7. The van der Waals surface area contributed by atoms with E-state index in [9.17, 15) is 24.9 Å². The molecule has 1 aromatic rings. The summed E-state index contributed by atoms with van der Waals surface area (Å²) in [4.78, 5) is 27.5. The lowest BCUT2D eigenvalue weighted by molar-refractivity contribution is -0.155. The van der Waals surface area contributed by atoms with Gasteiger partial charge in [-0.3, -0.25) is 14.5 Å². The molecule has 0 spiro atoms. The van der Waals surface area contributed by atoms with Gasteiger partial charge >= 0.3 is 5.97 Å². The summed E-state index contributed by atoms with van der Waals surface area (Å²) in [5.41, 5.74) is 1.36. The molecule has 42 heavy (non-hydrogen) atoms. The summed E-state index contributed by atoms with van der Waals surface area (Å²) in [7, 11) is 0. The van der Waals surface area contributed by atoms with Gasteiger partial charge in [0, 0.05) is 25.7 Å². The maximum Gasteiger partial charge on any atom is 0.308 e. The first kappa shape index (κ1) is 36.2. The Hall–Kier alpha value is -2.00. The highest BCUT2D eigenvalue weighted by atomic mass is 16.5. The van der Waals surface area contributed by atoms with Crippen molar-refractivity contribution >= 4 is 11.9 Å². The van der Waals surface area contributed by atoms with Gasteiger partial charge in [-0.2, -0.15) is 0 Å². The maximum absolute atomic E-state index is 12.9. The summed E-state index contributed by atoms with van der Waals surface area (Å²) >= 11 is 0. The number of amides is 1. The molecular formula is C34H58N2O6. The largest absolute Gasteiger partial charge is 0.463 e. The number of hydrogen-bond acceptors (Lipinski definition) is 7. The Morgan fingerprint density at radius 2 is 1.69 bits per heavy atom. The molecule has 1 heterocycles. The summed E-state index contributed by atoms with van der Waals surface area (Å²) in [6.07, 6.45) is 1.05. The minimum Gasteiger partial charge on any atom is -0.463 e. The van der Waals surface area contributed by atoms with Crippen molar-refractivity contribution in [1.82, 2.24) is 10.2 Å². The molecule has 0 radical (unpaired) electrons. The summed E-state index contributed by atoms with van der Waals surface area (Å²) in [5, 5.41) is 35.9. The predicted octanol–water partition coefficient (Wildman–Crippen LogP) is 4.29. The summed E-state index contributed by atoms with van der Waals surface area (Å²) < 4.78 is 5.35. The van der Waals surface area contributed by atoms with Crippen LogP contribution in [0.4, 0.5) is 0 Å². The minimum absolute atomic E-state index is 0.0261. The number of ether oxygens (including phenoxy) is 1. The molecule has 1 aromatic carbocycles. The molecule has 8 heteroatoms. The molecule has 0 aliphatic carbocycles. The molecule has 1 fully saturated rings. The van der Waals surface area contributed by atoms with E-state index in [-0.39, 0.29) is 36.2 Å². The Labute approximate surface area is 254 Å². The Bertz CT molecular complexity index is 965. The van der Waals surface area contributed by atoms with E-state index in [1.807, 2.05) is 39.8 Å². The van der Waals surface area contributed by atoms with Gasteiger partial charge in [-0.1, -0.05) is 58.9 Å². The van der Waals surface area contributed by atoms with Gasteiger partial charge in [0.25, 0.3) is 0 Å². The maximum atomic E-state index is 12.9. The number of carbonyl (C=O) groups excluding carboxylic acids is 2. The molecule has 240 valence electrons. The van der Waals surface area contributed by atoms with E-state index < -0.39 is 29.8 Å². The highest BCUT2D eigenvalue weighted by molar-refractivity contribution is 5.83. The third-order valence-corrected chi connectivity index (χ3v) is 8.58. The third-order valence-electron chi connectivity index (χ3n) is 8.58. The lowest BCUT2D eigenvalue weighted by atomic mass is 9.82. The van der Waals surface area contributed by atoms with E-state index in [1.54, 1.807) is 6.92 Å². The Morgan fingerprint density at radius 1 is 1.07 bits per heavy atom. The molecule has 1 amide bonds. The quantitative estimate of drug-likeness (QED) is 0.263. The van der Waals surface area contributed by atoms with Crippen LogP contribution in [0.1, 0.15) is 98.1 Å². The van der Waals surface area contributed by atoms with Crippen molar-refractivity contribution in [3.63, 3.8) is 0 Å². The fourth-order valence-electron chi connectivity index (χ4n) is 6.45. The molecule has 1 aliphatic rings. The molecule has 1 aliphatic heterocycles. The van der Waals surface area contributed by atoms with Gasteiger partial charge < -0.3 is 25.4 Å². The van der Waals surface area contributed by atoms with E-state index in [4.69, 9.17) is 4.74 Å². The van der Waals surface area contributed by atoms with Crippen LogP contribution >= 0.6 is 0 Å². The Kier molecular flexibility index (Phi) is 14.4. The zero-order chi connectivity index (χ0) is 31.6. The van der Waals surface area contributed by atoms with Gasteiger partial charge in [-0.15, -0.1) is 0 Å². The van der Waals surface area contributed by atoms with Crippen LogP contribution in [-0.4, -0.2) is 82.2 Å². The molecule has 0 unspecified atom stereocenters. The minimum atomic E-state index is -1.22. The smallest absolute Gasteiger partial charge is 0.308 e. The number of cyclic esters (lactones) is 1. The van der Waals surface area contributed by atoms with E-state index in [1.165, 1.54) is 5.56 Å². The van der Waals surface area contributed by atoms with E-state index in [2.05, 4.69) is 43.1 Å². The number of nitrogens with zero attached hydrogens (tertiary/aromatic N) is 1. The number of aliphatic hydroxyl groups is 3. The average molecular weight is 591 g/mol. The van der Waals surface area contributed by atoms with E-state index in [0.29, 0.717) is 51.2 Å². The first-order chi connectivity index (χ1) is 19.6. The molecule has 8 atom stereocenters. The Balaban J connectivity index is 2.04. The highest BCUT2D eigenvalue weighted by Gasteiger charge is 2.33. The van der Waals surface area contributed by atoms with Crippen molar-refractivity contribution in [2.75, 3.05) is 26.2 Å². The lowest BCUT2D eigenvalue weighted by Gasteiger charge is -2.37. The topological polar surface area (TPSA) is 119 Å². The predicted molar refractivity (Wildman–Crippen MR) is 167 cm³/mol. The van der Waals surface area contributed by atoms with Crippen LogP contribution < -0.4 is 5.32 Å². The van der Waals surface area contributed by atoms with Crippen molar-refractivity contribution in [3.8, 4) is 0 Å². The number of esters is 1. The second-order valence-corrected chi connectivity index (χ2v) is 13.9. The van der Waals surface area contributed by atoms with Crippen LogP contribution in [0.15, 0.2) is 24.3 Å². The molecule has 0 aromatic heterocycles. The number of nitrogens with one attached hydrogen (secondary N) is 1. The zero-order valence-electron chi connectivity index (χ0n) is 27.3. The van der Waals surface area contributed by atoms with Crippen LogP contribution in [0.2, 0.25) is 0 Å². The lowest BCUT2D eigenvalue weighted by Crippen LogP contribution is -2.50. The van der Waals surface area contributed by atoms with Crippen LogP contribution in [-0.2, 0) is 20.7 Å². The van der Waals surface area contributed by atoms with Crippen molar-refractivity contribution in [1.29, 1.82) is 0 Å². The summed E-state index contributed by atoms with van der Waals surface area (Å²) in [6, 6.07) is 7.85. The molecule has 0 bridgehead atoms. The summed E-state index contributed by atoms with van der Waals surface area (Å²) in [5.74, 6) is -0.234. The van der Waals surface area contributed by atoms with Crippen molar-refractivity contribution in [2.45, 2.75) is 117 Å². The Morgan fingerprint density at radius 3 is 2.31 bits per heavy atom. The summed E-state index contributed by atoms with van der Waals surface area (Å²) in [6.45, 7) is 17.3. The van der Waals surface area contributed by atoms with E-state index in [0.717, 1.165) is 12.0 Å². The molecular weight excluding hydrogens is 532 g/mol. The van der Waals surface area contributed by atoms with Gasteiger partial charge in [-0.05, 0) is 81.8 Å². The van der Waals surface area contributed by atoms with Gasteiger partial charge in [0.1, 0.15) is 12.7 Å². The van der Waals surface area contributed by atoms with Gasteiger partial charge in [0.05, 0.1) is 23.5 Å². The zero-order valence-corrected chi connectivity index (χ0v) is 27.3. The number of rotatable bonds is 8. The molecule has 0 saturated carbocycles. The van der Waals surface area contributed by atoms with Crippen LogP contribution in [0.3, 0.4) is 0 Å². The van der Waals surface area contributed by atoms with Gasteiger partial charge in [0.2, 0.25) is 5.91 Å². The first-order valence-corrected chi connectivity index (χ1v) is 15.9. The molecule has 8 nitrogen and oxygen atoms in total. The standard InChI is InChI=1S/C34H58N2O6/c1-22(2)16-28-10-12-29(13-11-28)26(6)32(39)35-14-9-15-36-20-24(4)19-34(8,41)18-23(3)17-25(5)33(40)42-21-30(37)31(38)27(36)7/h10-13,22-27,30-31,37-38,41H,9,14-21H2,1-8H3,(H,35,39)/t23-,24+,25+,26+,27+,30+,31+,34-/m0/s1. The second-order valence-electron chi connectivity index (χ2n) is 13.9. The van der Waals surface area contributed by atoms with Gasteiger partial charge in [0.15, 0.2) is 0 Å². The molecule has 2 rings (SSSR count). The molecule has 4 N–H and O–H groups in total. The van der Waals surface area contributed by atoms with Crippen LogP contribution in [0.25, 0.3) is 0 Å². The number of carbonyl (C=O) groups is 2. The number of aliphatic hydroxyl groups excluding tert-OH is 2. The monoisotopic (exact) mass is 590 g/mol. The first-order valence-electron chi connectivity index (χ1n) is 15.9. The fourth-order valence-corrected chi connectivity index (χ4v) is 6.45. The number of benzene rings is 1. The number of hydrogen-bond donors (Lipinski definition) is 4. The van der Waals surface area contributed by atoms with Crippen molar-refractivity contribution < 1.29 is 29.6 Å². The van der Waals surface area contributed by atoms with Crippen LogP contribution in [0, 0.1) is 23.7 Å². The average Bonchev–Trinajstić information content (AvgIpc) is 2.90. The van der Waals surface area contributed by atoms with Crippen molar-refractivity contribution in [2.24, 2.45) is 23.7 Å². The van der Waals surface area contributed by atoms with Crippen LogP contribution in [0.5, 0.6) is 0 Å². The van der Waals surface area contributed by atoms with Gasteiger partial charge in [-0.25, -0.2) is 0 Å². The highest BCUT2D eigenvalue weighted by Crippen LogP contribution is 2.29. The normalized spacial score (nSPS) is 31.6. The SMILES string of the molecule is CC(C)Cc1ccc([C@@H](C)C(=O)NCCCN2C[C@H](C)C[C@@](C)(O)C[C@@H](C)C[C@@H](C)C(=O)OC[C@@H](O)[C@H](O)[C@H]2C)cc1. The fraction of sp³-hybridized carbons (Fsp3) is 0.765. The van der Waals surface area contributed by atoms with Crippen molar-refractivity contribution in [3.05, 3.63) is 35.4 Å².